The molecule has 1 aliphatic heterocycles. The first-order valence-corrected chi connectivity index (χ1v) is 10.4. The van der Waals surface area contributed by atoms with Crippen LogP contribution in [0.4, 0.5) is 0 Å². The summed E-state index contributed by atoms with van der Waals surface area (Å²) in [6.45, 7) is 4.08. The third-order valence-electron chi connectivity index (χ3n) is 3.91. The Balaban J connectivity index is 1.63. The van der Waals surface area contributed by atoms with Crippen LogP contribution < -0.4 is 5.32 Å². The van der Waals surface area contributed by atoms with Crippen molar-refractivity contribution in [3.8, 4) is 0 Å². The molecule has 1 amide bonds. The lowest BCUT2D eigenvalue weighted by molar-refractivity contribution is -0.119. The predicted octanol–water partition coefficient (Wildman–Crippen LogP) is 4.49. The molecule has 134 valence electrons. The van der Waals surface area contributed by atoms with Crippen molar-refractivity contribution in [1.82, 2.24) is 5.32 Å². The van der Waals surface area contributed by atoms with Gasteiger partial charge in [0.1, 0.15) is 0 Å². The van der Waals surface area contributed by atoms with Gasteiger partial charge in [0.05, 0.1) is 11.0 Å². The van der Waals surface area contributed by atoms with Crippen molar-refractivity contribution in [1.29, 1.82) is 0 Å². The van der Waals surface area contributed by atoms with E-state index >= 15 is 0 Å². The van der Waals surface area contributed by atoms with Gasteiger partial charge in [0.2, 0.25) is 5.91 Å². The molecule has 0 radical (unpaired) electrons. The Labute approximate surface area is 162 Å². The fraction of sp³-hybridized carbons (Fsp3) is 0.250. The van der Waals surface area contributed by atoms with Crippen molar-refractivity contribution in [3.63, 3.8) is 0 Å². The van der Waals surface area contributed by atoms with Crippen LogP contribution in [0, 0.1) is 6.92 Å². The molecule has 6 heteroatoms. The quantitative estimate of drug-likeness (QED) is 0.774. The van der Waals surface area contributed by atoms with E-state index in [1.165, 1.54) is 17.3 Å². The minimum atomic E-state index is -0.150. The van der Waals surface area contributed by atoms with E-state index in [4.69, 9.17) is 0 Å². The van der Waals surface area contributed by atoms with Crippen LogP contribution >= 0.6 is 23.5 Å². The second kappa shape index (κ2) is 9.05. The molecule has 0 bridgehead atoms. The number of nitrogens with zero attached hydrogens (tertiary/aromatic N) is 2. The van der Waals surface area contributed by atoms with Crippen LogP contribution in [0.2, 0.25) is 0 Å². The van der Waals surface area contributed by atoms with Crippen molar-refractivity contribution in [2.75, 3.05) is 5.75 Å². The smallest absolute Gasteiger partial charge is 0.239 e. The second-order valence-electron chi connectivity index (χ2n) is 5.92. The van der Waals surface area contributed by atoms with Gasteiger partial charge in [0, 0.05) is 10.6 Å². The summed E-state index contributed by atoms with van der Waals surface area (Å²) in [5, 5.41) is 11.8. The number of nitrogens with one attached hydrogen (secondary N) is 1. The number of benzene rings is 2. The molecule has 1 N–H and O–H groups in total. The first-order valence-electron chi connectivity index (χ1n) is 8.52. The molecule has 4 nitrogen and oxygen atoms in total. The van der Waals surface area contributed by atoms with Gasteiger partial charge in [-0.15, -0.1) is 16.9 Å². The highest BCUT2D eigenvalue weighted by atomic mass is 32.2. The first-order chi connectivity index (χ1) is 12.7. The maximum Gasteiger partial charge on any atom is 0.239 e. The molecule has 0 spiro atoms. The third kappa shape index (κ3) is 4.99. The number of amides is 1. The highest BCUT2D eigenvalue weighted by Gasteiger charge is 2.21. The zero-order valence-corrected chi connectivity index (χ0v) is 16.4. The van der Waals surface area contributed by atoms with E-state index in [1.54, 1.807) is 11.8 Å². The van der Waals surface area contributed by atoms with Crippen molar-refractivity contribution < 1.29 is 4.79 Å². The first kappa shape index (κ1) is 18.7. The summed E-state index contributed by atoms with van der Waals surface area (Å²) in [5.74, 6) is 0.673. The lowest BCUT2D eigenvalue weighted by atomic mass is 10.1. The standard InChI is InChI=1S/C20H21N3OS2/c1-3-18(26-16-7-5-4-6-8-16)19(24)21-20-23-22-17(13-25-20)15-11-9-14(2)10-12-15/h4-12,18H,3,13H2,1-2H3,(H,21,23,24). The molecule has 26 heavy (non-hydrogen) atoms. The highest BCUT2D eigenvalue weighted by Crippen LogP contribution is 2.25. The third-order valence-corrected chi connectivity index (χ3v) is 6.16. The summed E-state index contributed by atoms with van der Waals surface area (Å²) in [5.41, 5.74) is 3.22. The Morgan fingerprint density at radius 3 is 2.50 bits per heavy atom. The average Bonchev–Trinajstić information content (AvgIpc) is 2.68. The van der Waals surface area contributed by atoms with Crippen LogP contribution in [-0.2, 0) is 4.79 Å². The summed E-state index contributed by atoms with van der Waals surface area (Å²) in [6.07, 6.45) is 0.751. The minimum absolute atomic E-state index is 0.0263. The largest absolute Gasteiger partial charge is 0.303 e. The van der Waals surface area contributed by atoms with Crippen molar-refractivity contribution in [2.45, 2.75) is 30.4 Å². The zero-order valence-electron chi connectivity index (χ0n) is 14.8. The normalized spacial score (nSPS) is 15.0. The second-order valence-corrected chi connectivity index (χ2v) is 8.16. The van der Waals surface area contributed by atoms with Gasteiger partial charge in [-0.3, -0.25) is 4.79 Å². The van der Waals surface area contributed by atoms with Crippen LogP contribution in [-0.4, -0.2) is 27.8 Å². The van der Waals surface area contributed by atoms with Gasteiger partial charge < -0.3 is 5.32 Å². The van der Waals surface area contributed by atoms with Crippen molar-refractivity contribution in [2.24, 2.45) is 10.2 Å². The highest BCUT2D eigenvalue weighted by molar-refractivity contribution is 8.14. The number of rotatable bonds is 5. The van der Waals surface area contributed by atoms with E-state index in [0.717, 1.165) is 22.6 Å². The van der Waals surface area contributed by atoms with Crippen molar-refractivity contribution >= 4 is 40.3 Å². The van der Waals surface area contributed by atoms with Gasteiger partial charge in [0.15, 0.2) is 5.17 Å². The fourth-order valence-corrected chi connectivity index (χ4v) is 4.16. The van der Waals surface area contributed by atoms with Crippen LogP contribution in [0.15, 0.2) is 69.7 Å². The molecule has 1 unspecified atom stereocenters. The number of carbonyl (C=O) groups excluding carboxylic acids is 1. The van der Waals surface area contributed by atoms with E-state index in [0.29, 0.717) is 10.9 Å². The summed E-state index contributed by atoms with van der Waals surface area (Å²) in [4.78, 5) is 13.7. The van der Waals surface area contributed by atoms with Gasteiger partial charge in [-0.1, -0.05) is 66.7 Å². The van der Waals surface area contributed by atoms with Gasteiger partial charge in [-0.05, 0) is 31.0 Å². The average molecular weight is 384 g/mol. The van der Waals surface area contributed by atoms with E-state index in [2.05, 4.69) is 46.7 Å². The Kier molecular flexibility index (Phi) is 6.52. The number of aryl methyl sites for hydroxylation is 1. The summed E-state index contributed by atoms with van der Waals surface area (Å²) in [6, 6.07) is 18.2. The molecule has 0 saturated heterocycles. The van der Waals surface area contributed by atoms with Gasteiger partial charge in [-0.2, -0.15) is 5.10 Å². The minimum Gasteiger partial charge on any atom is -0.303 e. The van der Waals surface area contributed by atoms with E-state index in [9.17, 15) is 4.79 Å². The predicted molar refractivity (Wildman–Crippen MR) is 112 cm³/mol. The monoisotopic (exact) mass is 383 g/mol. The summed E-state index contributed by atoms with van der Waals surface area (Å²) < 4.78 is 0. The zero-order chi connectivity index (χ0) is 18.4. The topological polar surface area (TPSA) is 53.8 Å². The molecular weight excluding hydrogens is 362 g/mol. The molecule has 0 aliphatic carbocycles. The molecule has 1 atom stereocenters. The number of amidine groups is 1. The maximum atomic E-state index is 12.6. The van der Waals surface area contributed by atoms with E-state index < -0.39 is 0 Å². The Bertz CT molecular complexity index is 817. The van der Waals surface area contributed by atoms with E-state index in [1.807, 2.05) is 37.3 Å². The van der Waals surface area contributed by atoms with Gasteiger partial charge >= 0.3 is 0 Å². The molecule has 0 fully saturated rings. The van der Waals surface area contributed by atoms with Crippen molar-refractivity contribution in [3.05, 3.63) is 65.7 Å². The molecule has 2 aromatic rings. The van der Waals surface area contributed by atoms with Crippen LogP contribution in [0.1, 0.15) is 24.5 Å². The molecule has 3 rings (SSSR count). The SMILES string of the molecule is CCC(Sc1ccccc1)C(=O)NC1=NN=C(c2ccc(C)cc2)CS1. The van der Waals surface area contributed by atoms with E-state index in [-0.39, 0.29) is 11.2 Å². The Morgan fingerprint density at radius 1 is 1.15 bits per heavy atom. The lowest BCUT2D eigenvalue weighted by Gasteiger charge is -2.17. The molecule has 1 aliphatic rings. The number of thioether (sulfide) groups is 2. The fourth-order valence-electron chi connectivity index (χ4n) is 2.42. The number of hydrogen-bond acceptors (Lipinski definition) is 5. The Morgan fingerprint density at radius 2 is 1.88 bits per heavy atom. The summed E-state index contributed by atoms with van der Waals surface area (Å²) in [7, 11) is 0. The lowest BCUT2D eigenvalue weighted by Crippen LogP contribution is -2.36. The van der Waals surface area contributed by atoms with Gasteiger partial charge in [0.25, 0.3) is 0 Å². The van der Waals surface area contributed by atoms with Gasteiger partial charge in [-0.25, -0.2) is 0 Å². The van der Waals surface area contributed by atoms with Crippen LogP contribution in [0.25, 0.3) is 0 Å². The summed E-state index contributed by atoms with van der Waals surface area (Å²) >= 11 is 3.08. The van der Waals surface area contributed by atoms with Crippen LogP contribution in [0.5, 0.6) is 0 Å². The Hall–Kier alpha value is -2.05. The molecule has 0 aromatic heterocycles. The molecule has 1 heterocycles. The molecule has 2 aromatic carbocycles. The van der Waals surface area contributed by atoms with Crippen LogP contribution in [0.3, 0.4) is 0 Å². The molecular formula is C20H21N3OS2. The number of carbonyl (C=O) groups is 1. The molecule has 0 saturated carbocycles. The maximum absolute atomic E-state index is 12.6. The number of hydrogen-bond donors (Lipinski definition) is 1.